The molecule has 0 saturated heterocycles. The third-order valence-electron chi connectivity index (χ3n) is 7.65. The molecule has 1 aromatic carbocycles. The molecule has 34 heavy (non-hydrogen) atoms. The third-order valence-corrected chi connectivity index (χ3v) is 7.65. The van der Waals surface area contributed by atoms with Gasteiger partial charge in [0.1, 0.15) is 11.3 Å². The van der Waals surface area contributed by atoms with Crippen LogP contribution in [0, 0.1) is 0 Å². The Labute approximate surface area is 207 Å². The van der Waals surface area contributed by atoms with Crippen LogP contribution in [0.25, 0.3) is 0 Å². The van der Waals surface area contributed by atoms with Gasteiger partial charge in [0.15, 0.2) is 0 Å². The summed E-state index contributed by atoms with van der Waals surface area (Å²) < 4.78 is 0. The summed E-state index contributed by atoms with van der Waals surface area (Å²) in [4.78, 5) is 28.1. The molecule has 2 N–H and O–H groups in total. The summed E-state index contributed by atoms with van der Waals surface area (Å²) in [6.07, 6.45) is 7.05. The fourth-order valence-corrected chi connectivity index (χ4v) is 4.81. The molecule has 0 bridgehead atoms. The normalized spacial score (nSPS) is 17.2. The maximum Gasteiger partial charge on any atom is 0.245 e. The van der Waals surface area contributed by atoms with Gasteiger partial charge in [-0.1, -0.05) is 79.9 Å². The van der Waals surface area contributed by atoms with Crippen molar-refractivity contribution in [1.82, 2.24) is 10.2 Å². The minimum absolute atomic E-state index is 0.0363. The first-order chi connectivity index (χ1) is 15.6. The summed E-state index contributed by atoms with van der Waals surface area (Å²) in [5, 5.41) is 14.2. The van der Waals surface area contributed by atoms with Crippen LogP contribution in [0.5, 0.6) is 5.75 Å². The van der Waals surface area contributed by atoms with E-state index in [-0.39, 0.29) is 28.7 Å². The number of hydrogen-bond acceptors (Lipinski definition) is 3. The molecule has 2 rings (SSSR count). The molecule has 0 aliphatic heterocycles. The molecule has 0 radical (unpaired) electrons. The number of likely N-dealkylation sites (N-methyl/N-ethyl adjacent to an activating group) is 1. The van der Waals surface area contributed by atoms with Crippen molar-refractivity contribution in [2.45, 2.75) is 129 Å². The van der Waals surface area contributed by atoms with E-state index in [1.54, 1.807) is 11.9 Å². The summed E-state index contributed by atoms with van der Waals surface area (Å²) in [5.74, 6) is 0.267. The van der Waals surface area contributed by atoms with E-state index in [9.17, 15) is 14.7 Å². The van der Waals surface area contributed by atoms with Crippen LogP contribution in [0.1, 0.15) is 117 Å². The predicted molar refractivity (Wildman–Crippen MR) is 140 cm³/mol. The zero-order valence-corrected chi connectivity index (χ0v) is 23.1. The first-order valence-corrected chi connectivity index (χ1v) is 13.1. The van der Waals surface area contributed by atoms with E-state index in [1.165, 1.54) is 6.42 Å². The van der Waals surface area contributed by atoms with Gasteiger partial charge in [-0.05, 0) is 60.1 Å². The van der Waals surface area contributed by atoms with Crippen LogP contribution in [0.15, 0.2) is 12.1 Å². The van der Waals surface area contributed by atoms with E-state index < -0.39 is 5.54 Å². The van der Waals surface area contributed by atoms with Gasteiger partial charge in [-0.15, -0.1) is 0 Å². The fourth-order valence-electron chi connectivity index (χ4n) is 4.81. The van der Waals surface area contributed by atoms with Crippen LogP contribution >= 0.6 is 0 Å². The Morgan fingerprint density at radius 2 is 1.47 bits per heavy atom. The molecule has 1 aromatic rings. The van der Waals surface area contributed by atoms with Crippen molar-refractivity contribution in [2.24, 2.45) is 0 Å². The van der Waals surface area contributed by atoms with Crippen LogP contribution in [0.2, 0.25) is 0 Å². The number of rotatable bonds is 7. The minimum Gasteiger partial charge on any atom is -0.507 e. The second-order valence-corrected chi connectivity index (χ2v) is 12.4. The highest BCUT2D eigenvalue weighted by Gasteiger charge is 2.39. The Balaban J connectivity index is 2.19. The number of aryl methyl sites for hydroxylation is 1. The largest absolute Gasteiger partial charge is 0.507 e. The maximum absolute atomic E-state index is 13.2. The molecule has 1 fully saturated rings. The zero-order chi connectivity index (χ0) is 25.9. The number of carbonyl (C=O) groups is 2. The van der Waals surface area contributed by atoms with Crippen molar-refractivity contribution in [2.75, 3.05) is 7.05 Å². The molecule has 5 heteroatoms. The van der Waals surface area contributed by atoms with Gasteiger partial charge in [-0.2, -0.15) is 0 Å². The molecule has 2 amide bonds. The standard InChI is InChI=1S/C29H48N2O3/c1-10-29(8,26(34)30-21-14-12-11-13-15-21)31(9)24(32)17-16-20-18-22(27(2,3)4)25(33)23(19-20)28(5,6)7/h18-19,21,33H,10-17H2,1-9H3,(H,30,34)/t29-/m1/s1. The number of amides is 2. The van der Waals surface area contributed by atoms with Crippen LogP contribution in [0.4, 0.5) is 0 Å². The van der Waals surface area contributed by atoms with Gasteiger partial charge in [0.25, 0.3) is 0 Å². The van der Waals surface area contributed by atoms with E-state index in [0.29, 0.717) is 25.0 Å². The van der Waals surface area contributed by atoms with Crippen molar-refractivity contribution in [3.8, 4) is 5.75 Å². The van der Waals surface area contributed by atoms with Gasteiger partial charge >= 0.3 is 0 Å². The van der Waals surface area contributed by atoms with Crippen LogP contribution in [0.3, 0.4) is 0 Å². The summed E-state index contributed by atoms with van der Waals surface area (Å²) in [6.45, 7) is 16.4. The smallest absolute Gasteiger partial charge is 0.245 e. The Morgan fingerprint density at radius 3 is 1.91 bits per heavy atom. The average Bonchev–Trinajstić information content (AvgIpc) is 2.76. The van der Waals surface area contributed by atoms with Gasteiger partial charge in [-0.3, -0.25) is 9.59 Å². The van der Waals surface area contributed by atoms with Crippen molar-refractivity contribution >= 4 is 11.8 Å². The Bertz CT molecular complexity index is 837. The fraction of sp³-hybridized carbons (Fsp3) is 0.724. The van der Waals surface area contributed by atoms with Gasteiger partial charge in [0.05, 0.1) is 0 Å². The number of nitrogens with zero attached hydrogens (tertiary/aromatic N) is 1. The lowest BCUT2D eigenvalue weighted by molar-refractivity contribution is -0.145. The summed E-state index contributed by atoms with van der Waals surface area (Å²) in [6, 6.07) is 4.29. The number of phenolic OH excluding ortho intramolecular Hbond substituents is 1. The molecule has 0 heterocycles. The molecule has 0 unspecified atom stereocenters. The molecule has 1 aliphatic carbocycles. The summed E-state index contributed by atoms with van der Waals surface area (Å²) >= 11 is 0. The highest BCUT2D eigenvalue weighted by molar-refractivity contribution is 5.91. The van der Waals surface area contributed by atoms with E-state index in [1.807, 2.05) is 26.0 Å². The minimum atomic E-state index is -0.864. The van der Waals surface area contributed by atoms with Crippen molar-refractivity contribution in [3.05, 3.63) is 28.8 Å². The molecule has 192 valence electrons. The monoisotopic (exact) mass is 472 g/mol. The van der Waals surface area contributed by atoms with Crippen LogP contribution in [-0.4, -0.2) is 40.4 Å². The molecular formula is C29H48N2O3. The second kappa shape index (κ2) is 10.7. The van der Waals surface area contributed by atoms with E-state index in [0.717, 1.165) is 42.4 Å². The molecule has 0 spiro atoms. The van der Waals surface area contributed by atoms with E-state index in [4.69, 9.17) is 0 Å². The summed E-state index contributed by atoms with van der Waals surface area (Å²) in [7, 11) is 1.75. The Morgan fingerprint density at radius 1 is 0.971 bits per heavy atom. The van der Waals surface area contributed by atoms with Gasteiger partial charge < -0.3 is 15.3 Å². The number of phenols is 1. The third kappa shape index (κ3) is 6.55. The zero-order valence-electron chi connectivity index (χ0n) is 23.1. The number of hydrogen-bond donors (Lipinski definition) is 2. The lowest BCUT2D eigenvalue weighted by Gasteiger charge is -2.38. The number of carbonyl (C=O) groups excluding carboxylic acids is 2. The quantitative estimate of drug-likeness (QED) is 0.512. The number of benzene rings is 1. The Hall–Kier alpha value is -2.04. The average molecular weight is 473 g/mol. The number of nitrogens with one attached hydrogen (secondary N) is 1. The summed E-state index contributed by atoms with van der Waals surface area (Å²) in [5.41, 5.74) is 1.57. The lowest BCUT2D eigenvalue weighted by Crippen LogP contribution is -2.58. The van der Waals surface area contributed by atoms with Gasteiger partial charge in [0.2, 0.25) is 11.8 Å². The molecule has 1 saturated carbocycles. The molecule has 0 aromatic heterocycles. The topological polar surface area (TPSA) is 69.6 Å². The first kappa shape index (κ1) is 28.2. The second-order valence-electron chi connectivity index (χ2n) is 12.4. The van der Waals surface area contributed by atoms with E-state index >= 15 is 0 Å². The van der Waals surface area contributed by atoms with Crippen LogP contribution < -0.4 is 5.32 Å². The molecule has 1 aliphatic rings. The molecule has 1 atom stereocenters. The van der Waals surface area contributed by atoms with Crippen molar-refractivity contribution < 1.29 is 14.7 Å². The highest BCUT2D eigenvalue weighted by atomic mass is 16.3. The lowest BCUT2D eigenvalue weighted by atomic mass is 9.78. The maximum atomic E-state index is 13.2. The SMILES string of the molecule is CC[C@](C)(C(=O)NC1CCCCC1)N(C)C(=O)CCc1cc(C(C)(C)C)c(O)c(C(C)(C)C)c1. The van der Waals surface area contributed by atoms with Crippen molar-refractivity contribution in [3.63, 3.8) is 0 Å². The van der Waals surface area contributed by atoms with Gasteiger partial charge in [-0.25, -0.2) is 0 Å². The van der Waals surface area contributed by atoms with Gasteiger partial charge in [0, 0.05) is 19.5 Å². The molecular weight excluding hydrogens is 424 g/mol. The van der Waals surface area contributed by atoms with Crippen molar-refractivity contribution in [1.29, 1.82) is 0 Å². The highest BCUT2D eigenvalue weighted by Crippen LogP contribution is 2.40. The van der Waals surface area contributed by atoms with Crippen LogP contribution in [-0.2, 0) is 26.8 Å². The van der Waals surface area contributed by atoms with E-state index in [2.05, 4.69) is 46.9 Å². The predicted octanol–water partition coefficient (Wildman–Crippen LogP) is 6.00. The number of aromatic hydroxyl groups is 1. The Kier molecular flexibility index (Phi) is 8.88. The first-order valence-electron chi connectivity index (χ1n) is 13.1. The molecule has 5 nitrogen and oxygen atoms in total.